The van der Waals surface area contributed by atoms with E-state index in [4.69, 9.17) is 10.5 Å². The summed E-state index contributed by atoms with van der Waals surface area (Å²) in [5.74, 6) is 0.0210. The maximum absolute atomic E-state index is 12.7. The number of amides is 1. The van der Waals surface area contributed by atoms with Crippen molar-refractivity contribution in [2.24, 2.45) is 5.73 Å². The minimum absolute atomic E-state index is 0.0184. The zero-order valence-corrected chi connectivity index (χ0v) is 12.5. The smallest absolute Gasteiger partial charge is 0.272 e. The van der Waals surface area contributed by atoms with E-state index in [1.165, 1.54) is 0 Å². The van der Waals surface area contributed by atoms with E-state index < -0.39 is 0 Å². The zero-order chi connectivity index (χ0) is 14.7. The molecule has 2 rings (SSSR count). The molecular weight excluding hydrogens is 256 g/mol. The Hall–Kier alpha value is -1.40. The second-order valence-corrected chi connectivity index (χ2v) is 5.20. The van der Waals surface area contributed by atoms with Gasteiger partial charge in [0, 0.05) is 26.2 Å². The Kier molecular flexibility index (Phi) is 4.77. The summed E-state index contributed by atoms with van der Waals surface area (Å²) in [4.78, 5) is 14.5. The molecule has 1 saturated heterocycles. The fourth-order valence-corrected chi connectivity index (χ4v) is 2.56. The van der Waals surface area contributed by atoms with E-state index in [0.717, 1.165) is 12.1 Å². The molecule has 1 fully saturated rings. The Morgan fingerprint density at radius 1 is 1.50 bits per heavy atom. The Labute approximate surface area is 119 Å². The second kappa shape index (κ2) is 6.37. The number of aromatic nitrogens is 2. The van der Waals surface area contributed by atoms with Crippen LogP contribution in [0.1, 0.15) is 37.0 Å². The molecule has 0 radical (unpaired) electrons. The molecule has 6 nitrogen and oxygen atoms in total. The van der Waals surface area contributed by atoms with Crippen LogP contribution in [0.25, 0.3) is 0 Å². The summed E-state index contributed by atoms with van der Waals surface area (Å²) in [7, 11) is 0. The zero-order valence-electron chi connectivity index (χ0n) is 12.5. The highest BCUT2D eigenvalue weighted by molar-refractivity contribution is 5.92. The molecule has 2 N–H and O–H groups in total. The average molecular weight is 280 g/mol. The van der Waals surface area contributed by atoms with Gasteiger partial charge < -0.3 is 15.4 Å². The first-order valence-corrected chi connectivity index (χ1v) is 7.30. The largest absolute Gasteiger partial charge is 0.370 e. The van der Waals surface area contributed by atoms with E-state index in [0.29, 0.717) is 31.9 Å². The van der Waals surface area contributed by atoms with Crippen LogP contribution in [0, 0.1) is 0 Å². The molecule has 1 aliphatic rings. The van der Waals surface area contributed by atoms with Crippen LogP contribution in [0.5, 0.6) is 0 Å². The molecule has 0 spiro atoms. The quantitative estimate of drug-likeness (QED) is 0.879. The second-order valence-electron chi connectivity index (χ2n) is 5.20. The number of nitrogens with zero attached hydrogens (tertiary/aromatic N) is 3. The number of nitrogens with two attached hydrogens (primary N) is 1. The van der Waals surface area contributed by atoms with E-state index >= 15 is 0 Å². The van der Waals surface area contributed by atoms with Crippen LogP contribution in [0.2, 0.25) is 0 Å². The van der Waals surface area contributed by atoms with Gasteiger partial charge in [-0.2, -0.15) is 5.10 Å². The lowest BCUT2D eigenvalue weighted by atomic mass is 10.2. The van der Waals surface area contributed by atoms with E-state index in [1.54, 1.807) is 4.68 Å². The van der Waals surface area contributed by atoms with Crippen molar-refractivity contribution in [2.75, 3.05) is 19.6 Å². The summed E-state index contributed by atoms with van der Waals surface area (Å²) in [6, 6.07) is 1.89. The fourth-order valence-electron chi connectivity index (χ4n) is 2.56. The fraction of sp³-hybridized carbons (Fsp3) is 0.714. The first-order valence-electron chi connectivity index (χ1n) is 7.30. The van der Waals surface area contributed by atoms with E-state index in [2.05, 4.69) is 5.10 Å². The Morgan fingerprint density at radius 2 is 2.25 bits per heavy atom. The predicted molar refractivity (Wildman–Crippen MR) is 76.6 cm³/mol. The number of carbonyl (C=O) groups is 1. The van der Waals surface area contributed by atoms with Crippen LogP contribution >= 0.6 is 0 Å². The molecule has 2 atom stereocenters. The summed E-state index contributed by atoms with van der Waals surface area (Å²) >= 11 is 0. The number of aryl methyl sites for hydroxylation is 2. The van der Waals surface area contributed by atoms with Crippen LogP contribution in [0.4, 0.5) is 0 Å². The predicted octanol–water partition coefficient (Wildman–Crippen LogP) is 0.654. The molecule has 0 saturated carbocycles. The van der Waals surface area contributed by atoms with Crippen LogP contribution in [0.15, 0.2) is 6.07 Å². The van der Waals surface area contributed by atoms with Gasteiger partial charge >= 0.3 is 0 Å². The Morgan fingerprint density at radius 3 is 2.85 bits per heavy atom. The van der Waals surface area contributed by atoms with Crippen molar-refractivity contribution in [3.63, 3.8) is 0 Å². The van der Waals surface area contributed by atoms with Crippen molar-refractivity contribution < 1.29 is 9.53 Å². The van der Waals surface area contributed by atoms with Crippen LogP contribution in [-0.4, -0.2) is 52.4 Å². The standard InChI is InChI=1S/C14H24N4O2/c1-4-11-6-13(18(5-2)16-11)14(19)17-8-10(3)20-12(7-15)9-17/h6,10,12H,4-5,7-9,15H2,1-3H3. The lowest BCUT2D eigenvalue weighted by Crippen LogP contribution is -2.51. The van der Waals surface area contributed by atoms with E-state index in [-0.39, 0.29) is 18.1 Å². The van der Waals surface area contributed by atoms with Crippen molar-refractivity contribution in [3.05, 3.63) is 17.5 Å². The molecule has 1 aromatic heterocycles. The maximum Gasteiger partial charge on any atom is 0.272 e. The molecule has 112 valence electrons. The Bertz CT molecular complexity index is 472. The number of morpholine rings is 1. The van der Waals surface area contributed by atoms with Crippen LogP contribution in [-0.2, 0) is 17.7 Å². The minimum Gasteiger partial charge on any atom is -0.370 e. The molecule has 0 aliphatic carbocycles. The average Bonchev–Trinajstić information content (AvgIpc) is 2.89. The summed E-state index contributed by atoms with van der Waals surface area (Å²) in [6.45, 7) is 8.28. The van der Waals surface area contributed by atoms with Gasteiger partial charge in [-0.25, -0.2) is 0 Å². The summed E-state index contributed by atoms with van der Waals surface area (Å²) in [5.41, 5.74) is 7.28. The third-order valence-corrected chi connectivity index (χ3v) is 3.59. The highest BCUT2D eigenvalue weighted by Gasteiger charge is 2.29. The van der Waals surface area contributed by atoms with Gasteiger partial charge in [0.2, 0.25) is 0 Å². The molecule has 1 aliphatic heterocycles. The molecular formula is C14H24N4O2. The van der Waals surface area contributed by atoms with Crippen molar-refractivity contribution in [2.45, 2.75) is 45.9 Å². The van der Waals surface area contributed by atoms with Crippen LogP contribution < -0.4 is 5.73 Å². The monoisotopic (exact) mass is 280 g/mol. The topological polar surface area (TPSA) is 73.4 Å². The highest BCUT2D eigenvalue weighted by atomic mass is 16.5. The first-order chi connectivity index (χ1) is 9.58. The summed E-state index contributed by atoms with van der Waals surface area (Å²) in [5, 5.41) is 4.43. The normalized spacial score (nSPS) is 23.1. The van der Waals surface area contributed by atoms with Crippen LogP contribution in [0.3, 0.4) is 0 Å². The summed E-state index contributed by atoms with van der Waals surface area (Å²) in [6.07, 6.45) is 0.773. The lowest BCUT2D eigenvalue weighted by molar-refractivity contribution is -0.0628. The third-order valence-electron chi connectivity index (χ3n) is 3.59. The number of rotatable bonds is 4. The van der Waals surface area contributed by atoms with Crippen molar-refractivity contribution >= 4 is 5.91 Å². The Balaban J connectivity index is 2.19. The molecule has 2 heterocycles. The first kappa shape index (κ1) is 15.0. The van der Waals surface area contributed by atoms with Crippen molar-refractivity contribution in [1.29, 1.82) is 0 Å². The molecule has 1 amide bonds. The third kappa shape index (κ3) is 3.02. The van der Waals surface area contributed by atoms with Gasteiger partial charge in [-0.3, -0.25) is 9.48 Å². The summed E-state index contributed by atoms with van der Waals surface area (Å²) < 4.78 is 7.47. The molecule has 0 aromatic carbocycles. The molecule has 1 aromatic rings. The van der Waals surface area contributed by atoms with Gasteiger partial charge in [-0.1, -0.05) is 6.92 Å². The molecule has 20 heavy (non-hydrogen) atoms. The number of ether oxygens (including phenoxy) is 1. The van der Waals surface area contributed by atoms with Gasteiger partial charge in [0.15, 0.2) is 0 Å². The highest BCUT2D eigenvalue weighted by Crippen LogP contribution is 2.15. The number of hydrogen-bond acceptors (Lipinski definition) is 4. The van der Waals surface area contributed by atoms with E-state index in [9.17, 15) is 4.79 Å². The number of hydrogen-bond donors (Lipinski definition) is 1. The van der Waals surface area contributed by atoms with Gasteiger partial charge in [-0.05, 0) is 26.3 Å². The van der Waals surface area contributed by atoms with Crippen molar-refractivity contribution in [1.82, 2.24) is 14.7 Å². The maximum atomic E-state index is 12.7. The minimum atomic E-state index is -0.0775. The van der Waals surface area contributed by atoms with Crippen molar-refractivity contribution in [3.8, 4) is 0 Å². The molecule has 2 unspecified atom stereocenters. The van der Waals surface area contributed by atoms with Gasteiger partial charge in [0.1, 0.15) is 5.69 Å². The molecule has 0 bridgehead atoms. The number of carbonyl (C=O) groups excluding carboxylic acids is 1. The van der Waals surface area contributed by atoms with Gasteiger partial charge in [0.25, 0.3) is 5.91 Å². The van der Waals surface area contributed by atoms with E-state index in [1.807, 2.05) is 31.7 Å². The molecule has 6 heteroatoms. The lowest BCUT2D eigenvalue weighted by Gasteiger charge is -2.36. The SMILES string of the molecule is CCc1cc(C(=O)N2CC(C)OC(CN)C2)n(CC)n1. The van der Waals surface area contributed by atoms with Gasteiger partial charge in [0.05, 0.1) is 17.9 Å². The van der Waals surface area contributed by atoms with Gasteiger partial charge in [-0.15, -0.1) is 0 Å².